The molecule has 0 radical (unpaired) electrons. The van der Waals surface area contributed by atoms with Crippen molar-refractivity contribution >= 4 is 17.5 Å². The number of rotatable bonds is 8. The maximum atomic E-state index is 12.4. The van der Waals surface area contributed by atoms with Crippen LogP contribution in [0.25, 0.3) is 0 Å². The van der Waals surface area contributed by atoms with E-state index >= 15 is 0 Å². The molecule has 2 aromatic rings. The number of nitrogens with one attached hydrogen (secondary N) is 1. The smallest absolute Gasteiger partial charge is 0.271 e. The molecular formula is C18H24ClN3O2. The van der Waals surface area contributed by atoms with Crippen molar-refractivity contribution in [3.8, 4) is 0 Å². The zero-order chi connectivity index (χ0) is 17.5. The average molecular weight is 350 g/mol. The molecule has 1 amide bonds. The molecule has 0 aliphatic heterocycles. The Balaban J connectivity index is 1.93. The number of aryl methyl sites for hydroxylation is 2. The van der Waals surface area contributed by atoms with Gasteiger partial charge in [-0.05, 0) is 24.0 Å². The number of hydrogen-bond donors (Lipinski definition) is 1. The number of amides is 1. The number of aromatic nitrogens is 2. The molecule has 1 N–H and O–H groups in total. The highest BCUT2D eigenvalue weighted by Crippen LogP contribution is 2.20. The molecule has 0 spiro atoms. The molecular weight excluding hydrogens is 326 g/mol. The van der Waals surface area contributed by atoms with Crippen LogP contribution in [0, 0.1) is 0 Å². The van der Waals surface area contributed by atoms with Gasteiger partial charge in [-0.1, -0.05) is 49.7 Å². The van der Waals surface area contributed by atoms with Crippen LogP contribution in [0.4, 0.5) is 0 Å². The summed E-state index contributed by atoms with van der Waals surface area (Å²) >= 11 is 6.23. The van der Waals surface area contributed by atoms with Crippen LogP contribution in [0.15, 0.2) is 24.3 Å². The molecule has 0 atom stereocenters. The second-order valence-electron chi connectivity index (χ2n) is 5.64. The predicted octanol–water partition coefficient (Wildman–Crippen LogP) is 3.49. The van der Waals surface area contributed by atoms with Crippen molar-refractivity contribution in [2.24, 2.45) is 7.05 Å². The molecule has 6 heteroatoms. The molecule has 2 rings (SSSR count). The van der Waals surface area contributed by atoms with Crippen molar-refractivity contribution in [1.29, 1.82) is 0 Å². The van der Waals surface area contributed by atoms with Crippen molar-refractivity contribution in [2.75, 3.05) is 6.61 Å². The fourth-order valence-corrected chi connectivity index (χ4v) is 2.76. The van der Waals surface area contributed by atoms with E-state index in [1.54, 1.807) is 7.05 Å². The average Bonchev–Trinajstić information content (AvgIpc) is 2.88. The van der Waals surface area contributed by atoms with Gasteiger partial charge in [-0.15, -0.1) is 0 Å². The molecule has 0 bridgehead atoms. The van der Waals surface area contributed by atoms with Gasteiger partial charge in [0.1, 0.15) is 5.69 Å². The largest absolute Gasteiger partial charge is 0.377 e. The van der Waals surface area contributed by atoms with Gasteiger partial charge in [0.15, 0.2) is 0 Å². The molecule has 5 nitrogen and oxygen atoms in total. The number of carbonyl (C=O) groups excluding carboxylic acids is 1. The molecule has 0 saturated carbocycles. The fourth-order valence-electron chi connectivity index (χ4n) is 2.38. The van der Waals surface area contributed by atoms with Crippen molar-refractivity contribution in [2.45, 2.75) is 39.8 Å². The topological polar surface area (TPSA) is 56.1 Å². The van der Waals surface area contributed by atoms with Gasteiger partial charge < -0.3 is 10.1 Å². The summed E-state index contributed by atoms with van der Waals surface area (Å²) in [6.45, 7) is 5.87. The first-order chi connectivity index (χ1) is 11.6. The van der Waals surface area contributed by atoms with Crippen LogP contribution < -0.4 is 5.32 Å². The van der Waals surface area contributed by atoms with Crippen molar-refractivity contribution < 1.29 is 9.53 Å². The van der Waals surface area contributed by atoms with Gasteiger partial charge in [0.05, 0.1) is 17.3 Å². The van der Waals surface area contributed by atoms with Crippen LogP contribution in [0.1, 0.15) is 47.6 Å². The second kappa shape index (κ2) is 8.85. The molecule has 0 aliphatic carbocycles. The van der Waals surface area contributed by atoms with E-state index < -0.39 is 0 Å². The van der Waals surface area contributed by atoms with Crippen molar-refractivity contribution in [3.63, 3.8) is 0 Å². The van der Waals surface area contributed by atoms with E-state index in [1.807, 2.05) is 31.2 Å². The molecule has 1 aromatic heterocycles. The van der Waals surface area contributed by atoms with E-state index in [2.05, 4.69) is 17.3 Å². The monoisotopic (exact) mass is 349 g/mol. The summed E-state index contributed by atoms with van der Waals surface area (Å²) < 4.78 is 7.04. The van der Waals surface area contributed by atoms with E-state index in [0.717, 1.165) is 29.8 Å². The number of benzene rings is 1. The summed E-state index contributed by atoms with van der Waals surface area (Å²) in [4.78, 5) is 12.4. The van der Waals surface area contributed by atoms with Gasteiger partial charge in [0.25, 0.3) is 5.91 Å². The van der Waals surface area contributed by atoms with Crippen LogP contribution in [-0.4, -0.2) is 22.3 Å². The Morgan fingerprint density at radius 2 is 1.92 bits per heavy atom. The Morgan fingerprint density at radius 1 is 1.25 bits per heavy atom. The molecule has 0 fully saturated rings. The van der Waals surface area contributed by atoms with Crippen molar-refractivity contribution in [3.05, 3.63) is 51.8 Å². The maximum absolute atomic E-state index is 12.4. The zero-order valence-corrected chi connectivity index (χ0v) is 15.2. The Morgan fingerprint density at radius 3 is 2.50 bits per heavy atom. The minimum atomic E-state index is -0.218. The van der Waals surface area contributed by atoms with Crippen LogP contribution in [0.2, 0.25) is 5.02 Å². The lowest BCUT2D eigenvalue weighted by Gasteiger charge is -2.07. The van der Waals surface area contributed by atoms with Gasteiger partial charge in [0, 0.05) is 20.2 Å². The van der Waals surface area contributed by atoms with Crippen LogP contribution >= 0.6 is 11.6 Å². The summed E-state index contributed by atoms with van der Waals surface area (Å²) in [5, 5.41) is 7.58. The van der Waals surface area contributed by atoms with E-state index in [4.69, 9.17) is 16.3 Å². The van der Waals surface area contributed by atoms with E-state index in [0.29, 0.717) is 30.3 Å². The lowest BCUT2D eigenvalue weighted by molar-refractivity contribution is 0.0941. The maximum Gasteiger partial charge on any atom is 0.271 e. The predicted molar refractivity (Wildman–Crippen MR) is 95.2 cm³/mol. The van der Waals surface area contributed by atoms with Gasteiger partial charge in [-0.3, -0.25) is 9.48 Å². The second-order valence-corrected chi connectivity index (χ2v) is 6.02. The van der Waals surface area contributed by atoms with Gasteiger partial charge in [0.2, 0.25) is 0 Å². The normalized spacial score (nSPS) is 10.8. The summed E-state index contributed by atoms with van der Waals surface area (Å²) in [5.74, 6) is -0.218. The van der Waals surface area contributed by atoms with E-state index in [-0.39, 0.29) is 5.91 Å². The molecule has 24 heavy (non-hydrogen) atoms. The third-order valence-electron chi connectivity index (χ3n) is 3.70. The number of halogens is 1. The van der Waals surface area contributed by atoms with Crippen LogP contribution in [-0.2, 0) is 31.4 Å². The number of carbonyl (C=O) groups is 1. The Bertz CT molecular complexity index is 680. The number of ether oxygens (including phenoxy) is 1. The first kappa shape index (κ1) is 18.5. The van der Waals surface area contributed by atoms with Gasteiger partial charge >= 0.3 is 0 Å². The Kier molecular flexibility index (Phi) is 6.82. The van der Waals surface area contributed by atoms with Crippen molar-refractivity contribution in [1.82, 2.24) is 15.1 Å². The first-order valence-electron chi connectivity index (χ1n) is 8.21. The highest BCUT2D eigenvalue weighted by molar-refractivity contribution is 6.34. The van der Waals surface area contributed by atoms with Crippen LogP contribution in [0.3, 0.4) is 0 Å². The highest BCUT2D eigenvalue weighted by Gasteiger charge is 2.19. The molecule has 1 heterocycles. The van der Waals surface area contributed by atoms with E-state index in [1.165, 1.54) is 4.68 Å². The van der Waals surface area contributed by atoms with Gasteiger partial charge in [-0.25, -0.2) is 0 Å². The molecule has 130 valence electrons. The lowest BCUT2D eigenvalue weighted by atomic mass is 10.1. The minimum absolute atomic E-state index is 0.218. The third kappa shape index (κ3) is 4.58. The lowest BCUT2D eigenvalue weighted by Crippen LogP contribution is -2.25. The Labute approximate surface area is 148 Å². The zero-order valence-electron chi connectivity index (χ0n) is 14.4. The first-order valence-corrected chi connectivity index (χ1v) is 8.59. The van der Waals surface area contributed by atoms with E-state index in [9.17, 15) is 4.79 Å². The van der Waals surface area contributed by atoms with Crippen LogP contribution in [0.5, 0.6) is 0 Å². The summed E-state index contributed by atoms with van der Waals surface area (Å²) in [5.41, 5.74) is 3.29. The standard InChI is InChI=1S/C18H24ClN3O2/c1-4-10-24-12-14-8-6-13(7-9-14)11-20-18(23)17-16(19)15(5-2)21-22(17)3/h6-9H,4-5,10-12H2,1-3H3,(H,20,23). The third-order valence-corrected chi connectivity index (χ3v) is 4.10. The molecule has 0 aliphatic rings. The quantitative estimate of drug-likeness (QED) is 0.742. The number of nitrogens with zero attached hydrogens (tertiary/aromatic N) is 2. The number of hydrogen-bond acceptors (Lipinski definition) is 3. The molecule has 0 saturated heterocycles. The van der Waals surface area contributed by atoms with Gasteiger partial charge in [-0.2, -0.15) is 5.10 Å². The molecule has 1 aromatic carbocycles. The summed E-state index contributed by atoms with van der Waals surface area (Å²) in [6.07, 6.45) is 1.71. The SMILES string of the molecule is CCCOCc1ccc(CNC(=O)c2c(Cl)c(CC)nn2C)cc1. The highest BCUT2D eigenvalue weighted by atomic mass is 35.5. The fraction of sp³-hybridized carbons (Fsp3) is 0.444. The minimum Gasteiger partial charge on any atom is -0.377 e. The summed E-state index contributed by atoms with van der Waals surface area (Å²) in [7, 11) is 1.73. The Hall–Kier alpha value is -1.85. The summed E-state index contributed by atoms with van der Waals surface area (Å²) in [6, 6.07) is 8.02. The molecule has 0 unspecified atom stereocenters.